The molecule has 1 aromatic heterocycles. The maximum Gasteiger partial charge on any atom is 0.113 e. The summed E-state index contributed by atoms with van der Waals surface area (Å²) in [6, 6.07) is 0. The molecule has 0 saturated heterocycles. The van der Waals surface area contributed by atoms with Crippen LogP contribution in [0.2, 0.25) is 0 Å². The quantitative estimate of drug-likeness (QED) is 0.483. The summed E-state index contributed by atoms with van der Waals surface area (Å²) >= 11 is 10.7. The lowest BCUT2D eigenvalue weighted by Gasteiger charge is -2.04. The van der Waals surface area contributed by atoms with E-state index >= 15 is 0 Å². The predicted octanol–water partition coefficient (Wildman–Crippen LogP) is 3.76. The number of aryl methyl sites for hydroxylation is 2. The Morgan fingerprint density at radius 2 is 2.15 bits per heavy atom. The molecule has 1 aromatic rings. The van der Waals surface area contributed by atoms with Crippen LogP contribution in [-0.2, 0) is 0 Å². The second kappa shape index (κ2) is 4.44. The highest BCUT2D eigenvalue weighted by Crippen LogP contribution is 2.36. The van der Waals surface area contributed by atoms with Crippen molar-refractivity contribution >= 4 is 50.4 Å². The van der Waals surface area contributed by atoms with E-state index in [9.17, 15) is 0 Å². The van der Waals surface area contributed by atoms with Crippen LogP contribution >= 0.6 is 38.9 Å². The Morgan fingerprint density at radius 3 is 2.54 bits per heavy atom. The Morgan fingerprint density at radius 1 is 1.54 bits per heavy atom. The summed E-state index contributed by atoms with van der Waals surface area (Å²) in [6.45, 7) is 4.06. The maximum absolute atomic E-state index is 7.42. The van der Waals surface area contributed by atoms with Crippen molar-refractivity contribution in [2.75, 3.05) is 11.2 Å². The summed E-state index contributed by atoms with van der Waals surface area (Å²) in [7, 11) is 0. The molecule has 0 saturated carbocycles. The van der Waals surface area contributed by atoms with Gasteiger partial charge in [0.2, 0.25) is 0 Å². The molecule has 0 fully saturated rings. The van der Waals surface area contributed by atoms with E-state index < -0.39 is 0 Å². The number of hydrogen-bond acceptors (Lipinski definition) is 2. The third kappa shape index (κ3) is 2.45. The van der Waals surface area contributed by atoms with E-state index in [0.717, 1.165) is 10.2 Å². The van der Waals surface area contributed by atoms with Gasteiger partial charge in [0.15, 0.2) is 0 Å². The topological polar surface area (TPSA) is 35.9 Å². The Kier molecular flexibility index (Phi) is 3.76. The molecule has 2 nitrogen and oxygen atoms in total. The van der Waals surface area contributed by atoms with Crippen molar-refractivity contribution in [1.82, 2.24) is 0 Å². The minimum Gasteiger partial charge on any atom is -0.341 e. The number of amidine groups is 1. The number of thiophene rings is 1. The van der Waals surface area contributed by atoms with Gasteiger partial charge < -0.3 is 5.32 Å². The molecule has 0 aliphatic heterocycles. The van der Waals surface area contributed by atoms with Crippen molar-refractivity contribution in [2.45, 2.75) is 13.8 Å². The first-order valence-corrected chi connectivity index (χ1v) is 5.86. The van der Waals surface area contributed by atoms with E-state index in [1.165, 1.54) is 9.75 Å². The van der Waals surface area contributed by atoms with E-state index in [1.807, 2.05) is 13.8 Å². The lowest BCUT2D eigenvalue weighted by molar-refractivity contribution is 1.43. The van der Waals surface area contributed by atoms with Crippen LogP contribution in [0.1, 0.15) is 9.75 Å². The summed E-state index contributed by atoms with van der Waals surface area (Å²) in [4.78, 5) is 2.38. The van der Waals surface area contributed by atoms with Gasteiger partial charge in [-0.2, -0.15) is 0 Å². The van der Waals surface area contributed by atoms with Crippen LogP contribution in [0, 0.1) is 19.3 Å². The number of rotatable bonds is 2. The molecule has 0 atom stereocenters. The zero-order valence-electron chi connectivity index (χ0n) is 7.37. The Hall–Kier alpha value is -0.0600. The molecule has 0 aliphatic rings. The molecule has 13 heavy (non-hydrogen) atoms. The number of anilines is 1. The van der Waals surface area contributed by atoms with Gasteiger partial charge in [-0.05, 0) is 29.8 Å². The molecule has 1 rings (SSSR count). The standard InChI is InChI=1S/C8H10BrClN2S/c1-4-7(9)8(5(2)13-4)12-6(11)3-10/h3H2,1-2H3,(H2,11,12). The van der Waals surface area contributed by atoms with Crippen LogP contribution in [0.15, 0.2) is 4.47 Å². The molecule has 5 heteroatoms. The molecule has 1 heterocycles. The van der Waals surface area contributed by atoms with E-state index in [1.54, 1.807) is 11.3 Å². The van der Waals surface area contributed by atoms with Crippen LogP contribution < -0.4 is 5.32 Å². The van der Waals surface area contributed by atoms with Crippen molar-refractivity contribution in [1.29, 1.82) is 5.41 Å². The maximum atomic E-state index is 7.42. The second-order valence-electron chi connectivity index (χ2n) is 2.64. The lowest BCUT2D eigenvalue weighted by Crippen LogP contribution is -2.11. The average molecular weight is 282 g/mol. The van der Waals surface area contributed by atoms with E-state index in [4.69, 9.17) is 17.0 Å². The Bertz CT molecular complexity index is 335. The molecule has 0 radical (unpaired) electrons. The fourth-order valence-corrected chi connectivity index (χ4v) is 2.73. The zero-order valence-corrected chi connectivity index (χ0v) is 10.5. The number of hydrogen-bond donors (Lipinski definition) is 2. The fraction of sp³-hybridized carbons (Fsp3) is 0.375. The van der Waals surface area contributed by atoms with Gasteiger partial charge in [-0.25, -0.2) is 0 Å². The predicted molar refractivity (Wildman–Crippen MR) is 63.6 cm³/mol. The lowest BCUT2D eigenvalue weighted by atomic mass is 10.3. The third-order valence-corrected chi connectivity index (χ3v) is 4.14. The molecular weight excluding hydrogens is 272 g/mol. The summed E-state index contributed by atoms with van der Waals surface area (Å²) in [5, 5.41) is 10.4. The van der Waals surface area contributed by atoms with E-state index in [0.29, 0.717) is 5.84 Å². The molecule has 0 aliphatic carbocycles. The number of nitrogens with one attached hydrogen (secondary N) is 2. The SMILES string of the molecule is Cc1sc(C)c(NC(=N)CCl)c1Br. The monoisotopic (exact) mass is 280 g/mol. The van der Waals surface area contributed by atoms with Gasteiger partial charge in [-0.1, -0.05) is 0 Å². The van der Waals surface area contributed by atoms with Crippen LogP contribution in [0.5, 0.6) is 0 Å². The van der Waals surface area contributed by atoms with Gasteiger partial charge in [-0.15, -0.1) is 22.9 Å². The van der Waals surface area contributed by atoms with Crippen molar-refractivity contribution in [2.24, 2.45) is 0 Å². The Labute approximate surface area is 94.9 Å². The van der Waals surface area contributed by atoms with Crippen LogP contribution in [0.4, 0.5) is 5.69 Å². The van der Waals surface area contributed by atoms with Crippen LogP contribution in [0.25, 0.3) is 0 Å². The van der Waals surface area contributed by atoms with Crippen LogP contribution in [0.3, 0.4) is 0 Å². The largest absolute Gasteiger partial charge is 0.341 e. The summed E-state index contributed by atoms with van der Waals surface area (Å²) in [6.07, 6.45) is 0. The zero-order chi connectivity index (χ0) is 10.0. The summed E-state index contributed by atoms with van der Waals surface area (Å²) in [5.41, 5.74) is 0.966. The molecule has 0 amide bonds. The van der Waals surface area contributed by atoms with Gasteiger partial charge in [0, 0.05) is 9.75 Å². The highest BCUT2D eigenvalue weighted by Gasteiger charge is 2.10. The molecule has 0 unspecified atom stereocenters. The van der Waals surface area contributed by atoms with Gasteiger partial charge in [0.05, 0.1) is 16.0 Å². The number of alkyl halides is 1. The first kappa shape index (κ1) is 11.0. The fourth-order valence-electron chi connectivity index (χ4n) is 0.983. The molecule has 2 N–H and O–H groups in total. The average Bonchev–Trinajstić information content (AvgIpc) is 2.32. The highest BCUT2D eigenvalue weighted by atomic mass is 79.9. The van der Waals surface area contributed by atoms with Crippen molar-refractivity contribution in [3.63, 3.8) is 0 Å². The highest BCUT2D eigenvalue weighted by molar-refractivity contribution is 9.10. The minimum absolute atomic E-state index is 0.209. The van der Waals surface area contributed by atoms with Gasteiger partial charge in [-0.3, -0.25) is 5.41 Å². The number of halogens is 2. The third-order valence-electron chi connectivity index (χ3n) is 1.60. The molecule has 0 bridgehead atoms. The summed E-state index contributed by atoms with van der Waals surface area (Å²) in [5.74, 6) is 0.532. The molecule has 0 aromatic carbocycles. The molecule has 0 spiro atoms. The van der Waals surface area contributed by atoms with E-state index in [-0.39, 0.29) is 5.88 Å². The first-order chi connectivity index (χ1) is 6.06. The minimum atomic E-state index is 0.209. The van der Waals surface area contributed by atoms with E-state index in [2.05, 4.69) is 21.2 Å². The summed E-state index contributed by atoms with van der Waals surface area (Å²) < 4.78 is 1.03. The smallest absolute Gasteiger partial charge is 0.113 e. The molecule has 72 valence electrons. The van der Waals surface area contributed by atoms with Gasteiger partial charge in [0.1, 0.15) is 5.84 Å². The first-order valence-electron chi connectivity index (χ1n) is 3.72. The van der Waals surface area contributed by atoms with Gasteiger partial charge in [0.25, 0.3) is 0 Å². The van der Waals surface area contributed by atoms with Crippen molar-refractivity contribution in [3.8, 4) is 0 Å². The Balaban J connectivity index is 2.94. The van der Waals surface area contributed by atoms with Gasteiger partial charge >= 0.3 is 0 Å². The van der Waals surface area contributed by atoms with Crippen molar-refractivity contribution in [3.05, 3.63) is 14.2 Å². The second-order valence-corrected chi connectivity index (χ2v) is 5.13. The van der Waals surface area contributed by atoms with Crippen LogP contribution in [-0.4, -0.2) is 11.7 Å². The molecular formula is C8H10BrClN2S. The normalized spacial score (nSPS) is 10.2. The van der Waals surface area contributed by atoms with Crippen molar-refractivity contribution < 1.29 is 0 Å².